The van der Waals surface area contributed by atoms with Crippen molar-refractivity contribution in [2.45, 2.75) is 12.8 Å². The van der Waals surface area contributed by atoms with Gasteiger partial charge in [-0.05, 0) is 84.6 Å². The zero-order valence-corrected chi connectivity index (χ0v) is 21.3. The number of ether oxygens (including phenoxy) is 3. The Balaban J connectivity index is 1.46. The predicted molar refractivity (Wildman–Crippen MR) is 147 cm³/mol. The van der Waals surface area contributed by atoms with Crippen LogP contribution in [0.3, 0.4) is 0 Å². The fourth-order valence-electron chi connectivity index (χ4n) is 3.05. The summed E-state index contributed by atoms with van der Waals surface area (Å²) in [5.41, 5.74) is 2.77. The van der Waals surface area contributed by atoms with E-state index in [0.29, 0.717) is 30.9 Å². The summed E-state index contributed by atoms with van der Waals surface area (Å²) in [5.74, 6) is -0.0475. The zero-order valence-electron chi connectivity index (χ0n) is 20.5. The Morgan fingerprint density at radius 3 is 2.34 bits per heavy atom. The molecule has 0 aliphatic rings. The van der Waals surface area contributed by atoms with Gasteiger partial charge < -0.3 is 14.2 Å². The number of aliphatic imine (C=N–C) groups is 1. The second kappa shape index (κ2) is 14.8. The maximum Gasteiger partial charge on any atom is 0.336 e. The van der Waals surface area contributed by atoms with E-state index in [1.807, 2.05) is 30.3 Å². The molecule has 3 rings (SSSR count). The highest BCUT2D eigenvalue weighted by molar-refractivity contribution is 6.32. The second-order valence-electron chi connectivity index (χ2n) is 7.86. The number of hydrogen-bond acceptors (Lipinski definition) is 7. The number of nitriles is 1. The van der Waals surface area contributed by atoms with Gasteiger partial charge in [-0.2, -0.15) is 5.26 Å². The first-order valence-corrected chi connectivity index (χ1v) is 12.1. The number of carbonyl (C=O) groups excluding carboxylic acids is 2. The van der Waals surface area contributed by atoms with E-state index in [1.165, 1.54) is 6.08 Å². The van der Waals surface area contributed by atoms with Crippen LogP contribution in [0.4, 0.5) is 5.69 Å². The standard InChI is InChI=1S/C30H25ClN2O5/c1-2-29(34)37-18-4-3-17-36-26-13-9-24(10-14-26)21-33-25-12-15-28(27(31)19-25)38-30(35)16-11-22-5-7-23(20-32)8-6-22/h2,5-16,19,21H,1,3-4,17-18H2. The van der Waals surface area contributed by atoms with Gasteiger partial charge in [0, 0.05) is 18.4 Å². The van der Waals surface area contributed by atoms with Crippen molar-refractivity contribution >= 4 is 41.5 Å². The van der Waals surface area contributed by atoms with Gasteiger partial charge in [-0.25, -0.2) is 9.59 Å². The lowest BCUT2D eigenvalue weighted by molar-refractivity contribution is -0.137. The summed E-state index contributed by atoms with van der Waals surface area (Å²) in [4.78, 5) is 27.5. The van der Waals surface area contributed by atoms with E-state index >= 15 is 0 Å². The van der Waals surface area contributed by atoms with Gasteiger partial charge in [0.1, 0.15) is 11.5 Å². The van der Waals surface area contributed by atoms with Gasteiger partial charge in [0.2, 0.25) is 0 Å². The summed E-state index contributed by atoms with van der Waals surface area (Å²) in [6, 6.07) is 21.2. The summed E-state index contributed by atoms with van der Waals surface area (Å²) in [6.45, 7) is 4.20. The van der Waals surface area contributed by atoms with Crippen molar-refractivity contribution in [2.75, 3.05) is 13.2 Å². The maximum atomic E-state index is 12.2. The van der Waals surface area contributed by atoms with Crippen LogP contribution in [0.15, 0.2) is 90.5 Å². The topological polar surface area (TPSA) is 98.0 Å². The normalized spacial score (nSPS) is 10.7. The zero-order chi connectivity index (χ0) is 27.2. The van der Waals surface area contributed by atoms with Gasteiger partial charge in [-0.3, -0.25) is 4.99 Å². The fourth-order valence-corrected chi connectivity index (χ4v) is 3.27. The molecule has 0 aromatic heterocycles. The third-order valence-electron chi connectivity index (χ3n) is 5.04. The first kappa shape index (κ1) is 27.9. The van der Waals surface area contributed by atoms with Crippen LogP contribution in [-0.4, -0.2) is 31.4 Å². The van der Waals surface area contributed by atoms with Crippen molar-refractivity contribution in [1.82, 2.24) is 0 Å². The molecule has 3 aromatic rings. The molecule has 0 saturated carbocycles. The maximum absolute atomic E-state index is 12.2. The minimum Gasteiger partial charge on any atom is -0.494 e. The first-order chi connectivity index (χ1) is 18.5. The monoisotopic (exact) mass is 528 g/mol. The second-order valence-corrected chi connectivity index (χ2v) is 8.26. The van der Waals surface area contributed by atoms with Crippen LogP contribution in [0, 0.1) is 11.3 Å². The van der Waals surface area contributed by atoms with Gasteiger partial charge in [0.25, 0.3) is 0 Å². The SMILES string of the molecule is C=CC(=O)OCCCCOc1ccc(C=Nc2ccc(OC(=O)C=Cc3ccc(C#N)cc3)c(Cl)c2)cc1. The van der Waals surface area contributed by atoms with Crippen LogP contribution in [0.1, 0.15) is 29.5 Å². The lowest BCUT2D eigenvalue weighted by atomic mass is 10.1. The molecule has 192 valence electrons. The van der Waals surface area contributed by atoms with Crippen LogP contribution >= 0.6 is 11.6 Å². The molecule has 0 saturated heterocycles. The average Bonchev–Trinajstić information content (AvgIpc) is 2.94. The quantitative estimate of drug-likeness (QED) is 0.0878. The Bertz CT molecular complexity index is 1360. The van der Waals surface area contributed by atoms with E-state index in [4.69, 9.17) is 31.1 Å². The number of carbonyl (C=O) groups is 2. The molecular formula is C30H25ClN2O5. The molecule has 0 spiro atoms. The highest BCUT2D eigenvalue weighted by Gasteiger charge is 2.07. The molecule has 0 aliphatic heterocycles. The van der Waals surface area contributed by atoms with E-state index in [0.717, 1.165) is 29.4 Å². The minimum absolute atomic E-state index is 0.223. The lowest BCUT2D eigenvalue weighted by Crippen LogP contribution is -2.04. The molecule has 0 amide bonds. The van der Waals surface area contributed by atoms with Crippen LogP contribution < -0.4 is 9.47 Å². The third kappa shape index (κ3) is 9.41. The molecule has 0 bridgehead atoms. The number of rotatable bonds is 12. The van der Waals surface area contributed by atoms with Gasteiger partial charge in [0.05, 0.1) is 35.6 Å². The lowest BCUT2D eigenvalue weighted by Gasteiger charge is -2.06. The summed E-state index contributed by atoms with van der Waals surface area (Å²) in [5, 5.41) is 9.09. The summed E-state index contributed by atoms with van der Waals surface area (Å²) < 4.78 is 15.9. The van der Waals surface area contributed by atoms with Gasteiger partial charge in [0.15, 0.2) is 0 Å². The van der Waals surface area contributed by atoms with E-state index in [-0.39, 0.29) is 10.8 Å². The highest BCUT2D eigenvalue weighted by atomic mass is 35.5. The Labute approximate surface area is 226 Å². The Morgan fingerprint density at radius 2 is 1.66 bits per heavy atom. The molecule has 3 aromatic carbocycles. The molecule has 0 aliphatic carbocycles. The number of halogens is 1. The largest absolute Gasteiger partial charge is 0.494 e. The summed E-state index contributed by atoms with van der Waals surface area (Å²) in [7, 11) is 0. The van der Waals surface area contributed by atoms with E-state index in [9.17, 15) is 9.59 Å². The third-order valence-corrected chi connectivity index (χ3v) is 5.33. The summed E-state index contributed by atoms with van der Waals surface area (Å²) in [6.07, 6.45) is 7.18. The molecule has 0 atom stereocenters. The van der Waals surface area contributed by atoms with Crippen LogP contribution in [0.5, 0.6) is 11.5 Å². The van der Waals surface area contributed by atoms with Crippen molar-refractivity contribution in [2.24, 2.45) is 4.99 Å². The number of benzene rings is 3. The number of esters is 2. The smallest absolute Gasteiger partial charge is 0.336 e. The van der Waals surface area contributed by atoms with Crippen molar-refractivity contribution < 1.29 is 23.8 Å². The molecular weight excluding hydrogens is 504 g/mol. The average molecular weight is 529 g/mol. The van der Waals surface area contributed by atoms with E-state index in [1.54, 1.807) is 54.8 Å². The molecule has 8 heteroatoms. The number of unbranched alkanes of at least 4 members (excludes halogenated alkanes) is 1. The van der Waals surface area contributed by atoms with E-state index < -0.39 is 11.9 Å². The number of hydrogen-bond donors (Lipinski definition) is 0. The Hall–Kier alpha value is -4.67. The van der Waals surface area contributed by atoms with Crippen molar-refractivity contribution in [3.05, 3.63) is 107 Å². The molecule has 7 nitrogen and oxygen atoms in total. The van der Waals surface area contributed by atoms with Crippen LogP contribution in [0.2, 0.25) is 5.02 Å². The molecule has 0 fully saturated rings. The van der Waals surface area contributed by atoms with Crippen molar-refractivity contribution in [3.8, 4) is 17.6 Å². The number of nitrogens with zero attached hydrogens (tertiary/aromatic N) is 2. The van der Waals surface area contributed by atoms with Gasteiger partial charge >= 0.3 is 11.9 Å². The Kier molecular flexibility index (Phi) is 10.9. The van der Waals surface area contributed by atoms with Crippen molar-refractivity contribution in [3.63, 3.8) is 0 Å². The van der Waals surface area contributed by atoms with Crippen LogP contribution in [-0.2, 0) is 14.3 Å². The highest BCUT2D eigenvalue weighted by Crippen LogP contribution is 2.29. The molecule has 0 unspecified atom stereocenters. The first-order valence-electron chi connectivity index (χ1n) is 11.7. The molecule has 0 heterocycles. The predicted octanol–water partition coefficient (Wildman–Crippen LogP) is 6.47. The van der Waals surface area contributed by atoms with Gasteiger partial charge in [-0.1, -0.05) is 30.3 Å². The van der Waals surface area contributed by atoms with E-state index in [2.05, 4.69) is 11.6 Å². The molecule has 38 heavy (non-hydrogen) atoms. The molecule has 0 N–H and O–H groups in total. The fraction of sp³-hybridized carbons (Fsp3) is 0.133. The summed E-state index contributed by atoms with van der Waals surface area (Å²) >= 11 is 6.28. The minimum atomic E-state index is -0.578. The van der Waals surface area contributed by atoms with Gasteiger partial charge in [-0.15, -0.1) is 0 Å². The Morgan fingerprint density at radius 1 is 0.947 bits per heavy atom. The molecule has 0 radical (unpaired) electrons. The van der Waals surface area contributed by atoms with Crippen molar-refractivity contribution in [1.29, 1.82) is 5.26 Å². The van der Waals surface area contributed by atoms with Crippen LogP contribution in [0.25, 0.3) is 6.08 Å².